The summed E-state index contributed by atoms with van der Waals surface area (Å²) in [5.41, 5.74) is 5.12. The third kappa shape index (κ3) is 3.46. The summed E-state index contributed by atoms with van der Waals surface area (Å²) >= 11 is 0. The number of nitrogens with two attached hydrogens (primary N) is 1. The van der Waals surface area contributed by atoms with E-state index in [1.165, 1.54) is 6.42 Å². The van der Waals surface area contributed by atoms with E-state index in [9.17, 15) is 4.79 Å². The van der Waals surface area contributed by atoms with E-state index >= 15 is 0 Å². The van der Waals surface area contributed by atoms with Crippen LogP contribution in [0.25, 0.3) is 0 Å². The Balaban J connectivity index is 2.55. The van der Waals surface area contributed by atoms with Crippen molar-refractivity contribution in [2.75, 3.05) is 27.2 Å². The summed E-state index contributed by atoms with van der Waals surface area (Å²) < 4.78 is 0. The number of amides is 1. The van der Waals surface area contributed by atoms with Gasteiger partial charge in [-0.15, -0.1) is 0 Å². The second-order valence-corrected chi connectivity index (χ2v) is 5.38. The van der Waals surface area contributed by atoms with Gasteiger partial charge >= 0.3 is 0 Å². The fourth-order valence-electron chi connectivity index (χ4n) is 2.54. The Morgan fingerprint density at radius 3 is 2.75 bits per heavy atom. The van der Waals surface area contributed by atoms with Gasteiger partial charge in [0.2, 0.25) is 5.91 Å². The van der Waals surface area contributed by atoms with Crippen molar-refractivity contribution in [3.8, 4) is 0 Å². The number of hydrogen-bond acceptors (Lipinski definition) is 3. The molecule has 16 heavy (non-hydrogen) atoms. The molecule has 4 heteroatoms. The zero-order valence-electron chi connectivity index (χ0n) is 10.8. The molecule has 0 aromatic carbocycles. The summed E-state index contributed by atoms with van der Waals surface area (Å²) in [5.74, 6) is 0.408. The van der Waals surface area contributed by atoms with Crippen LogP contribution in [0.5, 0.6) is 0 Å². The molecular weight excluding hydrogens is 202 g/mol. The number of likely N-dealkylation sites (N-methyl/N-ethyl adjacent to an activating group) is 1. The first-order valence-electron chi connectivity index (χ1n) is 6.16. The average molecular weight is 227 g/mol. The van der Waals surface area contributed by atoms with E-state index in [4.69, 9.17) is 5.73 Å². The number of hydrogen-bond donors (Lipinski definition) is 2. The minimum Gasteiger partial charge on any atom is -0.368 e. The Labute approximate surface area is 98.6 Å². The molecule has 1 aliphatic rings. The van der Waals surface area contributed by atoms with E-state index in [0.29, 0.717) is 5.92 Å². The Morgan fingerprint density at radius 1 is 1.56 bits per heavy atom. The molecule has 2 atom stereocenters. The fraction of sp³-hybridized carbons (Fsp3) is 0.917. The lowest BCUT2D eigenvalue weighted by atomic mass is 9.76. The van der Waals surface area contributed by atoms with Gasteiger partial charge in [0.1, 0.15) is 0 Å². The number of nitrogens with zero attached hydrogens (tertiary/aromatic N) is 1. The highest BCUT2D eigenvalue weighted by Crippen LogP contribution is 2.31. The molecule has 1 rings (SSSR count). The normalized spacial score (nSPS) is 30.6. The van der Waals surface area contributed by atoms with Crippen molar-refractivity contribution in [3.63, 3.8) is 0 Å². The van der Waals surface area contributed by atoms with Crippen LogP contribution in [0.4, 0.5) is 0 Å². The third-order valence-electron chi connectivity index (χ3n) is 3.49. The maximum Gasteiger partial charge on any atom is 0.237 e. The van der Waals surface area contributed by atoms with Gasteiger partial charge in [0.25, 0.3) is 0 Å². The van der Waals surface area contributed by atoms with Crippen molar-refractivity contribution in [1.29, 1.82) is 0 Å². The van der Waals surface area contributed by atoms with Crippen molar-refractivity contribution >= 4 is 5.91 Å². The Kier molecular flexibility index (Phi) is 4.74. The van der Waals surface area contributed by atoms with E-state index in [1.54, 1.807) is 0 Å². The van der Waals surface area contributed by atoms with Gasteiger partial charge in [-0.05, 0) is 32.9 Å². The summed E-state index contributed by atoms with van der Waals surface area (Å²) in [6.45, 7) is 3.95. The maximum atomic E-state index is 11.6. The highest BCUT2D eigenvalue weighted by molar-refractivity contribution is 5.84. The molecule has 0 aromatic heterocycles. The van der Waals surface area contributed by atoms with Crippen molar-refractivity contribution in [2.45, 2.75) is 38.1 Å². The summed E-state index contributed by atoms with van der Waals surface area (Å²) in [6, 6.07) is 0. The second kappa shape index (κ2) is 5.64. The van der Waals surface area contributed by atoms with Crippen molar-refractivity contribution < 1.29 is 4.79 Å². The standard InChI is InChI=1S/C12H25N3O/c1-10-5-4-6-12(9-10,11(13)16)14-7-8-15(2)3/h10,14H,4-9H2,1-3H3,(H2,13,16). The average Bonchev–Trinajstić information content (AvgIpc) is 2.16. The van der Waals surface area contributed by atoms with E-state index in [1.807, 2.05) is 14.1 Å². The van der Waals surface area contributed by atoms with E-state index in [2.05, 4.69) is 17.1 Å². The predicted octanol–water partition coefficient (Wildman–Crippen LogP) is 0.572. The summed E-state index contributed by atoms with van der Waals surface area (Å²) in [6.07, 6.45) is 4.08. The van der Waals surface area contributed by atoms with Crippen molar-refractivity contribution in [3.05, 3.63) is 0 Å². The molecule has 0 radical (unpaired) electrons. The molecule has 0 aromatic rings. The van der Waals surface area contributed by atoms with Gasteiger partial charge in [-0.25, -0.2) is 0 Å². The number of rotatable bonds is 5. The van der Waals surface area contributed by atoms with E-state index < -0.39 is 5.54 Å². The number of primary amides is 1. The molecule has 3 N–H and O–H groups in total. The lowest BCUT2D eigenvalue weighted by Gasteiger charge is -2.38. The first kappa shape index (κ1) is 13.5. The lowest BCUT2D eigenvalue weighted by Crippen LogP contribution is -2.58. The van der Waals surface area contributed by atoms with Crippen LogP contribution in [0.1, 0.15) is 32.6 Å². The van der Waals surface area contributed by atoms with Crippen LogP contribution >= 0.6 is 0 Å². The molecule has 94 valence electrons. The predicted molar refractivity (Wildman–Crippen MR) is 66.1 cm³/mol. The third-order valence-corrected chi connectivity index (χ3v) is 3.49. The van der Waals surface area contributed by atoms with E-state index in [0.717, 1.165) is 32.4 Å². The molecule has 1 amide bonds. The van der Waals surface area contributed by atoms with Crippen LogP contribution < -0.4 is 11.1 Å². The first-order valence-corrected chi connectivity index (χ1v) is 6.16. The summed E-state index contributed by atoms with van der Waals surface area (Å²) in [4.78, 5) is 13.7. The highest BCUT2D eigenvalue weighted by atomic mass is 16.1. The van der Waals surface area contributed by atoms with Crippen molar-refractivity contribution in [2.24, 2.45) is 11.7 Å². The lowest BCUT2D eigenvalue weighted by molar-refractivity contribution is -0.126. The van der Waals surface area contributed by atoms with Crippen LogP contribution in [-0.4, -0.2) is 43.5 Å². The Morgan fingerprint density at radius 2 is 2.25 bits per heavy atom. The van der Waals surface area contributed by atoms with Crippen molar-refractivity contribution in [1.82, 2.24) is 10.2 Å². The van der Waals surface area contributed by atoms with Crippen LogP contribution in [0, 0.1) is 5.92 Å². The van der Waals surface area contributed by atoms with Gasteiger partial charge in [0.05, 0.1) is 5.54 Å². The second-order valence-electron chi connectivity index (χ2n) is 5.38. The van der Waals surface area contributed by atoms with Gasteiger partial charge in [-0.2, -0.15) is 0 Å². The zero-order chi connectivity index (χ0) is 12.2. The molecule has 1 aliphatic carbocycles. The molecule has 0 bridgehead atoms. The van der Waals surface area contributed by atoms with Crippen LogP contribution in [-0.2, 0) is 4.79 Å². The number of nitrogens with one attached hydrogen (secondary N) is 1. The minimum absolute atomic E-state index is 0.183. The van der Waals surface area contributed by atoms with Crippen LogP contribution in [0.3, 0.4) is 0 Å². The summed E-state index contributed by atoms with van der Waals surface area (Å²) in [7, 11) is 4.06. The Bertz CT molecular complexity index is 242. The maximum absolute atomic E-state index is 11.6. The minimum atomic E-state index is -0.451. The largest absolute Gasteiger partial charge is 0.368 e. The molecule has 0 heterocycles. The van der Waals surface area contributed by atoms with Gasteiger partial charge in [-0.3, -0.25) is 4.79 Å². The first-order chi connectivity index (χ1) is 7.46. The topological polar surface area (TPSA) is 58.4 Å². The SMILES string of the molecule is CC1CCCC(NCCN(C)C)(C(N)=O)C1. The molecule has 4 nitrogen and oxygen atoms in total. The smallest absolute Gasteiger partial charge is 0.237 e. The van der Waals surface area contributed by atoms with Crippen LogP contribution in [0.2, 0.25) is 0 Å². The van der Waals surface area contributed by atoms with Gasteiger partial charge in [0.15, 0.2) is 0 Å². The molecular formula is C12H25N3O. The highest BCUT2D eigenvalue weighted by Gasteiger charge is 2.39. The van der Waals surface area contributed by atoms with Crippen LogP contribution in [0.15, 0.2) is 0 Å². The Hall–Kier alpha value is -0.610. The number of carbonyl (C=O) groups excluding carboxylic acids is 1. The molecule has 0 saturated heterocycles. The van der Waals surface area contributed by atoms with Gasteiger partial charge in [0, 0.05) is 13.1 Å². The molecule has 0 spiro atoms. The monoisotopic (exact) mass is 227 g/mol. The molecule has 0 aliphatic heterocycles. The van der Waals surface area contributed by atoms with Gasteiger partial charge in [-0.1, -0.05) is 19.8 Å². The fourth-order valence-corrected chi connectivity index (χ4v) is 2.54. The van der Waals surface area contributed by atoms with E-state index in [-0.39, 0.29) is 5.91 Å². The van der Waals surface area contributed by atoms with Gasteiger partial charge < -0.3 is 16.0 Å². The zero-order valence-corrected chi connectivity index (χ0v) is 10.8. The molecule has 1 saturated carbocycles. The molecule has 2 unspecified atom stereocenters. The summed E-state index contributed by atoms with van der Waals surface area (Å²) in [5, 5.41) is 3.38. The molecule has 1 fully saturated rings. The quantitative estimate of drug-likeness (QED) is 0.722. The number of carbonyl (C=O) groups is 1.